The van der Waals surface area contributed by atoms with Crippen molar-refractivity contribution in [2.45, 2.75) is 44.8 Å². The van der Waals surface area contributed by atoms with Crippen LogP contribution in [0.15, 0.2) is 48.5 Å². The van der Waals surface area contributed by atoms with Crippen molar-refractivity contribution in [1.29, 1.82) is 0 Å². The molecule has 2 fully saturated rings. The van der Waals surface area contributed by atoms with Gasteiger partial charge < -0.3 is 25.0 Å². The molecule has 44 heavy (non-hydrogen) atoms. The molecule has 234 valence electrons. The molecule has 3 aromatic rings. The van der Waals surface area contributed by atoms with Crippen molar-refractivity contribution in [3.05, 3.63) is 91.1 Å². The van der Waals surface area contributed by atoms with Crippen molar-refractivity contribution in [3.8, 4) is 11.5 Å². The number of ether oxygens (including phenoxy) is 2. The maximum atomic E-state index is 15.1. The summed E-state index contributed by atoms with van der Waals surface area (Å²) in [7, 11) is 0. The summed E-state index contributed by atoms with van der Waals surface area (Å²) in [6, 6.07) is 12.5. The van der Waals surface area contributed by atoms with Gasteiger partial charge in [-0.15, -0.1) is 0 Å². The lowest BCUT2D eigenvalue weighted by Gasteiger charge is -2.36. The third-order valence-corrected chi connectivity index (χ3v) is 9.10. The van der Waals surface area contributed by atoms with Crippen LogP contribution in [0.3, 0.4) is 0 Å². The topological polar surface area (TPSA) is 79.9 Å². The van der Waals surface area contributed by atoms with Crippen LogP contribution >= 0.6 is 46.4 Å². The van der Waals surface area contributed by atoms with Crippen LogP contribution < -0.4 is 20.1 Å². The Morgan fingerprint density at radius 2 is 1.70 bits per heavy atom. The van der Waals surface area contributed by atoms with E-state index >= 15 is 4.39 Å². The first-order chi connectivity index (χ1) is 21.1. The fraction of sp³-hybridized carbons (Fsp3) is 0.375. The van der Waals surface area contributed by atoms with Gasteiger partial charge in [-0.25, -0.2) is 4.39 Å². The van der Waals surface area contributed by atoms with Gasteiger partial charge >= 0.3 is 0 Å². The summed E-state index contributed by atoms with van der Waals surface area (Å²) in [5.41, 5.74) is 1.54. The van der Waals surface area contributed by atoms with Crippen molar-refractivity contribution in [3.63, 3.8) is 0 Å². The molecular weight excluding hydrogens is 651 g/mol. The van der Waals surface area contributed by atoms with E-state index in [-0.39, 0.29) is 36.5 Å². The van der Waals surface area contributed by atoms with Crippen molar-refractivity contribution in [2.75, 3.05) is 26.3 Å². The number of hydrogen-bond acceptors (Lipinski definition) is 5. The van der Waals surface area contributed by atoms with Gasteiger partial charge in [0.1, 0.15) is 24.8 Å². The Balaban J connectivity index is 1.19. The van der Waals surface area contributed by atoms with Gasteiger partial charge in [0.25, 0.3) is 5.91 Å². The Morgan fingerprint density at radius 3 is 2.41 bits per heavy atom. The van der Waals surface area contributed by atoms with Crippen LogP contribution in [0.25, 0.3) is 0 Å². The van der Waals surface area contributed by atoms with Crippen molar-refractivity contribution in [1.82, 2.24) is 15.5 Å². The predicted molar refractivity (Wildman–Crippen MR) is 171 cm³/mol. The number of nitrogens with one attached hydrogen (secondary N) is 2. The lowest BCUT2D eigenvalue weighted by atomic mass is 9.91. The van der Waals surface area contributed by atoms with E-state index in [0.29, 0.717) is 51.9 Å². The summed E-state index contributed by atoms with van der Waals surface area (Å²) < 4.78 is 26.3. The molecule has 0 radical (unpaired) electrons. The largest absolute Gasteiger partial charge is 0.490 e. The highest BCUT2D eigenvalue weighted by molar-refractivity contribution is 6.42. The second kappa shape index (κ2) is 14.6. The van der Waals surface area contributed by atoms with E-state index in [9.17, 15) is 9.59 Å². The van der Waals surface area contributed by atoms with Gasteiger partial charge in [0.2, 0.25) is 5.91 Å². The molecular formula is C32H32Cl4FN3O4. The maximum absolute atomic E-state index is 15.1. The third kappa shape index (κ3) is 7.90. The standard InChI is InChI=1S/C32H32Cl4FN3O4/c1-18-13-25(34)30(26(35)14-18)44-12-11-43-21-7-8-22(27(37)15-21)31(41)39-28-9-10-38-16-23(28)32(42)40(20-5-6-20)17-19-3-2-4-24(33)29(19)36/h2-4,7-8,13-15,20,23,28,38H,5-6,9-12,16-17H2,1H3,(H,39,41). The molecule has 1 aliphatic heterocycles. The van der Waals surface area contributed by atoms with Crippen LogP contribution in [-0.2, 0) is 11.3 Å². The van der Waals surface area contributed by atoms with Crippen LogP contribution in [0.2, 0.25) is 20.1 Å². The second-order valence-electron chi connectivity index (χ2n) is 11.0. The number of piperidine rings is 1. The zero-order valence-corrected chi connectivity index (χ0v) is 27.0. The number of carbonyl (C=O) groups excluding carboxylic acids is 2. The molecule has 3 aromatic carbocycles. The van der Waals surface area contributed by atoms with E-state index in [4.69, 9.17) is 55.9 Å². The summed E-state index contributed by atoms with van der Waals surface area (Å²) in [6.45, 7) is 3.44. The number of hydrogen-bond donors (Lipinski definition) is 2. The minimum Gasteiger partial charge on any atom is -0.490 e. The number of nitrogens with zero attached hydrogens (tertiary/aromatic N) is 1. The number of aryl methyl sites for hydroxylation is 1. The predicted octanol–water partition coefficient (Wildman–Crippen LogP) is 7.10. The van der Waals surface area contributed by atoms with Crippen molar-refractivity contribution >= 4 is 58.2 Å². The SMILES string of the molecule is Cc1cc(Cl)c(OCCOc2ccc(C(=O)NC3CCNCC3C(=O)N(Cc3cccc(Cl)c3Cl)C3CC3)c(F)c2)c(Cl)c1. The van der Waals surface area contributed by atoms with Crippen LogP contribution in [0, 0.1) is 18.7 Å². The monoisotopic (exact) mass is 681 g/mol. The van der Waals surface area contributed by atoms with Gasteiger partial charge in [0, 0.05) is 31.2 Å². The molecule has 12 heteroatoms. The van der Waals surface area contributed by atoms with Gasteiger partial charge in [-0.3, -0.25) is 9.59 Å². The summed E-state index contributed by atoms with van der Waals surface area (Å²) in [5.74, 6) is -1.35. The molecule has 2 unspecified atom stereocenters. The van der Waals surface area contributed by atoms with Crippen molar-refractivity contribution in [2.24, 2.45) is 5.92 Å². The molecule has 5 rings (SSSR count). The van der Waals surface area contributed by atoms with E-state index in [2.05, 4.69) is 10.6 Å². The van der Waals surface area contributed by atoms with Crippen LogP contribution in [0.1, 0.15) is 40.7 Å². The Morgan fingerprint density at radius 1 is 0.977 bits per heavy atom. The summed E-state index contributed by atoms with van der Waals surface area (Å²) >= 11 is 25.0. The first kappa shape index (κ1) is 32.6. The molecule has 2 amide bonds. The second-order valence-corrected chi connectivity index (χ2v) is 12.6. The zero-order valence-electron chi connectivity index (χ0n) is 24.0. The van der Waals surface area contributed by atoms with Crippen LogP contribution in [0.5, 0.6) is 11.5 Å². The van der Waals surface area contributed by atoms with E-state index < -0.39 is 23.7 Å². The number of benzene rings is 3. The highest BCUT2D eigenvalue weighted by atomic mass is 35.5. The average molecular weight is 683 g/mol. The van der Waals surface area contributed by atoms with Crippen LogP contribution in [-0.4, -0.2) is 55.1 Å². The minimum atomic E-state index is -0.738. The van der Waals surface area contributed by atoms with E-state index in [1.807, 2.05) is 17.9 Å². The highest BCUT2D eigenvalue weighted by Crippen LogP contribution is 2.35. The molecule has 7 nitrogen and oxygen atoms in total. The first-order valence-corrected chi connectivity index (χ1v) is 15.9. The average Bonchev–Trinajstić information content (AvgIpc) is 3.82. The molecule has 0 bridgehead atoms. The molecule has 2 aliphatic rings. The Bertz CT molecular complexity index is 1510. The van der Waals surface area contributed by atoms with Gasteiger partial charge in [-0.05, 0) is 74.2 Å². The Kier molecular flexibility index (Phi) is 10.8. The smallest absolute Gasteiger partial charge is 0.254 e. The minimum absolute atomic E-state index is 0.0827. The molecule has 1 heterocycles. The molecule has 2 atom stereocenters. The number of carbonyl (C=O) groups is 2. The fourth-order valence-corrected chi connectivity index (χ4v) is 6.36. The van der Waals surface area contributed by atoms with Gasteiger partial charge in [-0.1, -0.05) is 58.5 Å². The third-order valence-electron chi connectivity index (χ3n) is 7.69. The van der Waals surface area contributed by atoms with E-state index in [0.717, 1.165) is 30.0 Å². The van der Waals surface area contributed by atoms with Crippen molar-refractivity contribution < 1.29 is 23.5 Å². The van der Waals surface area contributed by atoms with Gasteiger partial charge in [0.05, 0.1) is 31.6 Å². The molecule has 2 N–H and O–H groups in total. The molecule has 1 saturated heterocycles. The lowest BCUT2D eigenvalue weighted by Crippen LogP contribution is -2.55. The van der Waals surface area contributed by atoms with Crippen LogP contribution in [0.4, 0.5) is 4.39 Å². The maximum Gasteiger partial charge on any atom is 0.254 e. The summed E-state index contributed by atoms with van der Waals surface area (Å²) in [6.07, 6.45) is 2.33. The summed E-state index contributed by atoms with van der Waals surface area (Å²) in [4.78, 5) is 28.8. The van der Waals surface area contributed by atoms with Gasteiger partial charge in [0.15, 0.2) is 5.75 Å². The zero-order chi connectivity index (χ0) is 31.4. The Hall–Kier alpha value is -2.75. The van der Waals surface area contributed by atoms with E-state index in [1.165, 1.54) is 12.1 Å². The normalized spacial score (nSPS) is 18.0. The molecule has 1 aliphatic carbocycles. The van der Waals surface area contributed by atoms with E-state index in [1.54, 1.807) is 24.3 Å². The number of rotatable bonds is 11. The summed E-state index contributed by atoms with van der Waals surface area (Å²) in [5, 5.41) is 7.80. The molecule has 0 aromatic heterocycles. The molecule has 0 spiro atoms. The quantitative estimate of drug-likeness (QED) is 0.211. The number of amides is 2. The first-order valence-electron chi connectivity index (χ1n) is 14.4. The highest BCUT2D eigenvalue weighted by Gasteiger charge is 2.40. The number of halogens is 5. The van der Waals surface area contributed by atoms with Gasteiger partial charge in [-0.2, -0.15) is 0 Å². The molecule has 1 saturated carbocycles. The fourth-order valence-electron chi connectivity index (χ4n) is 5.27. The lowest BCUT2D eigenvalue weighted by molar-refractivity contribution is -0.138. The Labute approximate surface area is 275 Å².